The van der Waals surface area contributed by atoms with Gasteiger partial charge < -0.3 is 0 Å². The van der Waals surface area contributed by atoms with Gasteiger partial charge in [-0.2, -0.15) is 24.9 Å². The minimum absolute atomic E-state index is 0.566. The van der Waals surface area contributed by atoms with Gasteiger partial charge in [-0.3, -0.25) is 22.8 Å². The van der Waals surface area contributed by atoms with Gasteiger partial charge in [-0.1, -0.05) is 364 Å². The van der Waals surface area contributed by atoms with Gasteiger partial charge in [-0.15, -0.1) is 0 Å². The molecule has 8 heterocycles. The molecular formula is C110H71N13. The molecule has 0 N–H and O–H groups in total. The lowest BCUT2D eigenvalue weighted by Crippen LogP contribution is -2.13. The van der Waals surface area contributed by atoms with Crippen molar-refractivity contribution in [2.45, 2.75) is 0 Å². The summed E-state index contributed by atoms with van der Waals surface area (Å²) in [4.78, 5) is 41.2. The highest BCUT2D eigenvalue weighted by Gasteiger charge is 2.25. The second kappa shape index (κ2) is 30.2. The summed E-state index contributed by atoms with van der Waals surface area (Å²) in [7, 11) is 0. The van der Waals surface area contributed by atoms with Crippen molar-refractivity contribution >= 4 is 120 Å². The van der Waals surface area contributed by atoms with Crippen LogP contribution in [0.2, 0.25) is 0 Å². The molecule has 576 valence electrons. The Morgan fingerprint density at radius 1 is 0.122 bits per heavy atom. The van der Waals surface area contributed by atoms with Gasteiger partial charge in [0.15, 0.2) is 11.6 Å². The van der Waals surface area contributed by atoms with Crippen LogP contribution in [0.1, 0.15) is 0 Å². The summed E-state index contributed by atoms with van der Waals surface area (Å²) < 4.78 is 10.8. The largest absolute Gasteiger partial charge is 0.278 e. The fraction of sp³-hybridized carbons (Fsp3) is 0. The Balaban J connectivity index is 0.000000108. The topological polar surface area (TPSA) is 128 Å². The lowest BCUT2D eigenvalue weighted by Gasteiger charge is -2.14. The summed E-state index contributed by atoms with van der Waals surface area (Å²) in [6.07, 6.45) is 0. The number of hydrogen-bond acceptors (Lipinski definition) is 8. The summed E-state index contributed by atoms with van der Waals surface area (Å²) >= 11 is 0. The number of fused-ring (bicyclic) bond motifs is 16. The van der Waals surface area contributed by atoms with Gasteiger partial charge in [-0.25, -0.2) is 15.0 Å². The Kier molecular flexibility index (Phi) is 17.6. The van der Waals surface area contributed by atoms with Gasteiger partial charge in [0.2, 0.25) is 29.7 Å². The maximum absolute atomic E-state index is 5.28. The Bertz CT molecular complexity index is 7670. The van der Waals surface area contributed by atoms with Crippen molar-refractivity contribution in [2.24, 2.45) is 0 Å². The number of hydrogen-bond donors (Lipinski definition) is 0. The third-order valence-electron chi connectivity index (χ3n) is 23.5. The molecule has 0 unspecified atom stereocenters. The van der Waals surface area contributed by atoms with Gasteiger partial charge in [-0.05, 0) is 100 Å². The van der Waals surface area contributed by atoms with Gasteiger partial charge >= 0.3 is 0 Å². The molecule has 25 aromatic rings. The molecule has 0 amide bonds. The van der Waals surface area contributed by atoms with Crippen LogP contribution in [0, 0.1) is 0 Å². The van der Waals surface area contributed by atoms with Crippen molar-refractivity contribution in [1.29, 1.82) is 0 Å². The average Bonchev–Trinajstić information content (AvgIpc) is 1.66. The highest BCUT2D eigenvalue weighted by atomic mass is 15.3. The van der Waals surface area contributed by atoms with Crippen molar-refractivity contribution in [3.8, 4) is 97.2 Å². The molecule has 0 atom stereocenters. The molecule has 0 bridgehead atoms. The Hall–Kier alpha value is -16.9. The van der Waals surface area contributed by atoms with Crippen molar-refractivity contribution < 1.29 is 0 Å². The SMILES string of the molecule is c1ccc(-c2ccc(-c3nc(-c4ccc(-c5ccccc5)cc4)nc(-n4c5ccccc5c5ccccc54)n3)cc2)cc1.c1ccc(-c2ccc(-c3nc(-n4c5ccccc5c5ccccc54)nc4ccccc34)cc2)cc1.c1ccc2c(c1)c1ccccc1n2-c1nc(-n2c3ccccc3c3ccccc32)nc(-n2c3ccccc3c3ccccc32)n1. The minimum Gasteiger partial charge on any atom is -0.278 e. The summed E-state index contributed by atoms with van der Waals surface area (Å²) in [5.74, 6) is 4.24. The van der Waals surface area contributed by atoms with E-state index in [9.17, 15) is 0 Å². The zero-order valence-corrected chi connectivity index (χ0v) is 66.3. The lowest BCUT2D eigenvalue weighted by atomic mass is 10.0. The predicted octanol–water partition coefficient (Wildman–Crippen LogP) is 26.9. The van der Waals surface area contributed by atoms with Crippen LogP contribution in [0.5, 0.6) is 0 Å². The second-order valence-corrected chi connectivity index (χ2v) is 30.6. The molecular weight excluding hydrogens is 1500 g/mol. The maximum atomic E-state index is 5.28. The highest BCUT2D eigenvalue weighted by Crippen LogP contribution is 2.41. The molecule has 0 radical (unpaired) electrons. The molecule has 13 heteroatoms. The maximum Gasteiger partial charge on any atom is 0.241 e. The van der Waals surface area contributed by atoms with E-state index in [0.29, 0.717) is 41.4 Å². The van der Waals surface area contributed by atoms with Crippen LogP contribution in [0.4, 0.5) is 0 Å². The first-order chi connectivity index (χ1) is 61.0. The number of rotatable bonds is 11. The van der Waals surface area contributed by atoms with Crippen LogP contribution in [0.3, 0.4) is 0 Å². The molecule has 0 saturated carbocycles. The molecule has 0 aliphatic rings. The van der Waals surface area contributed by atoms with Crippen molar-refractivity contribution in [3.63, 3.8) is 0 Å². The zero-order valence-electron chi connectivity index (χ0n) is 66.3. The van der Waals surface area contributed by atoms with E-state index < -0.39 is 0 Å². The molecule has 0 aliphatic heterocycles. The van der Waals surface area contributed by atoms with E-state index in [0.717, 1.165) is 132 Å². The van der Waals surface area contributed by atoms with Crippen LogP contribution in [0.15, 0.2) is 431 Å². The molecule has 0 spiro atoms. The minimum atomic E-state index is 0.566. The highest BCUT2D eigenvalue weighted by molar-refractivity contribution is 6.13. The Morgan fingerprint density at radius 2 is 0.309 bits per heavy atom. The van der Waals surface area contributed by atoms with Gasteiger partial charge in [0.25, 0.3) is 0 Å². The van der Waals surface area contributed by atoms with E-state index in [1.54, 1.807) is 0 Å². The van der Waals surface area contributed by atoms with E-state index in [2.05, 4.69) is 423 Å². The fourth-order valence-electron chi connectivity index (χ4n) is 17.8. The number of nitrogens with zero attached hydrogens (tertiary/aromatic N) is 13. The van der Waals surface area contributed by atoms with Gasteiger partial charge in [0.05, 0.1) is 66.4 Å². The molecule has 123 heavy (non-hydrogen) atoms. The van der Waals surface area contributed by atoms with Crippen LogP contribution >= 0.6 is 0 Å². The summed E-state index contributed by atoms with van der Waals surface area (Å²) in [5, 5.41) is 12.7. The summed E-state index contributed by atoms with van der Waals surface area (Å²) in [5.41, 5.74) is 22.5. The van der Waals surface area contributed by atoms with E-state index in [4.69, 9.17) is 39.9 Å². The van der Waals surface area contributed by atoms with Crippen molar-refractivity contribution in [2.75, 3.05) is 0 Å². The number of para-hydroxylation sites is 11. The van der Waals surface area contributed by atoms with E-state index >= 15 is 0 Å². The Morgan fingerprint density at radius 3 is 0.569 bits per heavy atom. The smallest absolute Gasteiger partial charge is 0.241 e. The van der Waals surface area contributed by atoms with Gasteiger partial charge in [0.1, 0.15) is 0 Å². The molecule has 13 nitrogen and oxygen atoms in total. The molecule has 25 rings (SSSR count). The molecule has 0 aliphatic carbocycles. The third-order valence-corrected chi connectivity index (χ3v) is 23.5. The Labute approximate surface area is 706 Å². The zero-order chi connectivity index (χ0) is 81.3. The fourth-order valence-corrected chi connectivity index (χ4v) is 17.8. The second-order valence-electron chi connectivity index (χ2n) is 30.6. The van der Waals surface area contributed by atoms with Crippen molar-refractivity contribution in [1.82, 2.24) is 62.7 Å². The molecule has 17 aromatic carbocycles. The van der Waals surface area contributed by atoms with Crippen LogP contribution in [0.25, 0.3) is 217 Å². The van der Waals surface area contributed by atoms with E-state index in [1.165, 1.54) is 43.8 Å². The predicted molar refractivity (Wildman–Crippen MR) is 504 cm³/mol. The van der Waals surface area contributed by atoms with Gasteiger partial charge in [0, 0.05) is 75.9 Å². The molecule has 0 saturated heterocycles. The molecule has 0 fully saturated rings. The lowest BCUT2D eigenvalue weighted by molar-refractivity contribution is 0.848. The quantitative estimate of drug-likeness (QED) is 0.125. The first-order valence-electron chi connectivity index (χ1n) is 41.2. The monoisotopic (exact) mass is 1570 g/mol. The standard InChI is InChI=1S/C39H24N6.C39H26N4.C32H21N3/c1-7-19-31-25(13-1)26-14-2-8-20-32(26)43(31)37-40-38(44-33-21-9-3-15-27(33)28-16-4-10-22-34(28)44)42-39(41-37)45-35-23-11-5-17-29(35)30-18-6-12-24-36(30)45;1-3-11-27(12-4-1)29-19-23-31(24-20-29)37-40-38(32-25-21-30(22-26-32)28-13-5-2-6-14-28)42-39(41-37)43-35-17-9-7-15-33(35)34-16-8-10-18-36(34)43;1-2-10-22(11-3-1)23-18-20-24(21-19-23)31-27-14-4-7-15-28(27)33-32(34-31)35-29-16-8-5-12-25(29)26-13-6-9-17-30(26)35/h1-24H;1-26H;1-21H. The normalized spacial score (nSPS) is 11.6. The van der Waals surface area contributed by atoms with E-state index in [1.807, 2.05) is 30.3 Å². The van der Waals surface area contributed by atoms with Crippen LogP contribution < -0.4 is 0 Å². The first-order valence-corrected chi connectivity index (χ1v) is 41.2. The van der Waals surface area contributed by atoms with Crippen LogP contribution in [-0.2, 0) is 0 Å². The molecule has 8 aromatic heterocycles. The average molecular weight is 1570 g/mol. The third kappa shape index (κ3) is 12.6. The van der Waals surface area contributed by atoms with E-state index in [-0.39, 0.29) is 0 Å². The first kappa shape index (κ1) is 71.4. The van der Waals surface area contributed by atoms with Crippen molar-refractivity contribution in [3.05, 3.63) is 431 Å². The van der Waals surface area contributed by atoms with Crippen LogP contribution in [-0.4, -0.2) is 62.7 Å². The number of aromatic nitrogens is 13. The number of benzene rings is 17. The summed E-state index contributed by atoms with van der Waals surface area (Å²) in [6.45, 7) is 0. The summed E-state index contributed by atoms with van der Waals surface area (Å²) in [6, 6.07) is 150.